The zero-order valence-corrected chi connectivity index (χ0v) is 8.38. The minimum absolute atomic E-state index is 0.0475. The van der Waals surface area contributed by atoms with Crippen LogP contribution in [0.3, 0.4) is 0 Å². The molecule has 0 aliphatic heterocycles. The van der Waals surface area contributed by atoms with E-state index in [1.54, 1.807) is 0 Å². The Morgan fingerprint density at radius 1 is 1.43 bits per heavy atom. The normalized spacial score (nSPS) is 12.2. The summed E-state index contributed by atoms with van der Waals surface area (Å²) in [5.41, 5.74) is 3.37. The standard InChI is InChI=1S/C11H14FNO/c1-8-3-5-10(6-4-8)9(2)7-11(14)13-12/h3-6,9H,7H2,1-2H3,(H,13,14). The van der Waals surface area contributed by atoms with Gasteiger partial charge in [0.05, 0.1) is 0 Å². The quantitative estimate of drug-likeness (QED) is 0.737. The van der Waals surface area contributed by atoms with Crippen molar-refractivity contribution in [1.29, 1.82) is 0 Å². The Morgan fingerprint density at radius 2 is 2.00 bits per heavy atom. The fourth-order valence-electron chi connectivity index (χ4n) is 1.33. The first-order chi connectivity index (χ1) is 6.63. The molecule has 1 aromatic carbocycles. The lowest BCUT2D eigenvalue weighted by Crippen LogP contribution is -2.15. The molecule has 14 heavy (non-hydrogen) atoms. The highest BCUT2D eigenvalue weighted by molar-refractivity contribution is 5.75. The van der Waals surface area contributed by atoms with Gasteiger partial charge in [0.1, 0.15) is 0 Å². The first-order valence-electron chi connectivity index (χ1n) is 4.59. The molecule has 1 amide bonds. The molecule has 1 N–H and O–H groups in total. The molecule has 1 atom stereocenters. The van der Waals surface area contributed by atoms with Crippen molar-refractivity contribution in [3.8, 4) is 0 Å². The summed E-state index contributed by atoms with van der Waals surface area (Å²) < 4.78 is 11.7. The fraction of sp³-hybridized carbons (Fsp3) is 0.364. The van der Waals surface area contributed by atoms with Crippen molar-refractivity contribution in [2.75, 3.05) is 0 Å². The molecule has 0 spiro atoms. The highest BCUT2D eigenvalue weighted by Gasteiger charge is 2.10. The highest BCUT2D eigenvalue weighted by atomic mass is 19.2. The van der Waals surface area contributed by atoms with E-state index in [4.69, 9.17) is 0 Å². The maximum Gasteiger partial charge on any atom is 0.248 e. The summed E-state index contributed by atoms with van der Waals surface area (Å²) in [4.78, 5) is 10.8. The molecule has 0 aliphatic rings. The minimum Gasteiger partial charge on any atom is -0.273 e. The molecule has 76 valence electrons. The Balaban J connectivity index is 2.65. The van der Waals surface area contributed by atoms with E-state index in [2.05, 4.69) is 0 Å². The van der Waals surface area contributed by atoms with E-state index in [0.29, 0.717) is 0 Å². The lowest BCUT2D eigenvalue weighted by molar-refractivity contribution is -0.125. The van der Waals surface area contributed by atoms with Crippen LogP contribution in [0.1, 0.15) is 30.4 Å². The molecule has 1 rings (SSSR count). The van der Waals surface area contributed by atoms with E-state index in [9.17, 15) is 9.28 Å². The molecule has 0 bridgehead atoms. The Morgan fingerprint density at radius 3 is 2.50 bits per heavy atom. The minimum atomic E-state index is -0.571. The number of benzene rings is 1. The van der Waals surface area contributed by atoms with Crippen molar-refractivity contribution in [2.24, 2.45) is 0 Å². The second-order valence-corrected chi connectivity index (χ2v) is 3.53. The van der Waals surface area contributed by atoms with Gasteiger partial charge in [-0.25, -0.2) is 0 Å². The van der Waals surface area contributed by atoms with Crippen molar-refractivity contribution in [2.45, 2.75) is 26.2 Å². The summed E-state index contributed by atoms with van der Waals surface area (Å²) in [6, 6.07) is 7.90. The van der Waals surface area contributed by atoms with E-state index in [1.165, 1.54) is 5.56 Å². The van der Waals surface area contributed by atoms with Crippen molar-refractivity contribution >= 4 is 5.91 Å². The summed E-state index contributed by atoms with van der Waals surface area (Å²) in [7, 11) is 0. The molecular formula is C11H14FNO. The fourth-order valence-corrected chi connectivity index (χ4v) is 1.33. The molecule has 1 aromatic rings. The van der Waals surface area contributed by atoms with E-state index in [-0.39, 0.29) is 12.3 Å². The van der Waals surface area contributed by atoms with Gasteiger partial charge in [0.2, 0.25) is 5.91 Å². The van der Waals surface area contributed by atoms with Crippen LogP contribution in [0.25, 0.3) is 0 Å². The molecular weight excluding hydrogens is 181 g/mol. The van der Waals surface area contributed by atoms with E-state index in [1.807, 2.05) is 38.1 Å². The number of halogens is 1. The number of carbonyl (C=O) groups excluding carboxylic acids is 1. The van der Waals surface area contributed by atoms with Gasteiger partial charge in [0.15, 0.2) is 0 Å². The van der Waals surface area contributed by atoms with Gasteiger partial charge in [-0.1, -0.05) is 36.8 Å². The molecule has 3 heteroatoms. The van der Waals surface area contributed by atoms with Crippen molar-refractivity contribution in [1.82, 2.24) is 5.54 Å². The van der Waals surface area contributed by atoms with Gasteiger partial charge in [0, 0.05) is 6.42 Å². The Hall–Kier alpha value is -1.38. The number of carbonyl (C=O) groups is 1. The number of hydrogen-bond donors (Lipinski definition) is 1. The average molecular weight is 195 g/mol. The average Bonchev–Trinajstić information content (AvgIpc) is 2.18. The van der Waals surface area contributed by atoms with Gasteiger partial charge in [0.25, 0.3) is 0 Å². The molecule has 0 saturated carbocycles. The van der Waals surface area contributed by atoms with E-state index in [0.717, 1.165) is 11.1 Å². The lowest BCUT2D eigenvalue weighted by atomic mass is 9.97. The summed E-state index contributed by atoms with van der Waals surface area (Å²) in [5, 5.41) is 0. The second kappa shape index (κ2) is 4.74. The van der Waals surface area contributed by atoms with Gasteiger partial charge >= 0.3 is 0 Å². The zero-order valence-electron chi connectivity index (χ0n) is 8.38. The Bertz CT molecular complexity index is 308. The predicted octanol–water partition coefficient (Wildman–Crippen LogP) is 2.49. The van der Waals surface area contributed by atoms with Crippen LogP contribution < -0.4 is 5.54 Å². The zero-order chi connectivity index (χ0) is 10.6. The van der Waals surface area contributed by atoms with Crippen LogP contribution in [0.5, 0.6) is 0 Å². The Kier molecular flexibility index (Phi) is 3.63. The maximum absolute atomic E-state index is 11.7. The number of aryl methyl sites for hydroxylation is 1. The van der Waals surface area contributed by atoms with Crippen LogP contribution >= 0.6 is 0 Å². The van der Waals surface area contributed by atoms with Crippen molar-refractivity contribution in [3.05, 3.63) is 35.4 Å². The summed E-state index contributed by atoms with van der Waals surface area (Å²) in [5.74, 6) is -0.524. The Labute approximate surface area is 83.1 Å². The molecule has 0 saturated heterocycles. The van der Waals surface area contributed by atoms with Gasteiger partial charge in [-0.2, -0.15) is 5.54 Å². The van der Waals surface area contributed by atoms with Gasteiger partial charge in [-0.3, -0.25) is 4.79 Å². The third-order valence-corrected chi connectivity index (χ3v) is 2.24. The largest absolute Gasteiger partial charge is 0.273 e. The molecule has 0 radical (unpaired) electrons. The van der Waals surface area contributed by atoms with Gasteiger partial charge in [-0.05, 0) is 18.4 Å². The number of nitrogens with one attached hydrogen (secondary N) is 1. The second-order valence-electron chi connectivity index (χ2n) is 3.53. The smallest absolute Gasteiger partial charge is 0.248 e. The van der Waals surface area contributed by atoms with Gasteiger partial charge < -0.3 is 0 Å². The molecule has 0 aromatic heterocycles. The highest BCUT2D eigenvalue weighted by Crippen LogP contribution is 2.18. The summed E-state index contributed by atoms with van der Waals surface area (Å²) >= 11 is 0. The van der Waals surface area contributed by atoms with Crippen LogP contribution in [0.4, 0.5) is 4.48 Å². The SMILES string of the molecule is Cc1ccc(C(C)CC(=O)NF)cc1. The lowest BCUT2D eigenvalue weighted by Gasteiger charge is -2.09. The van der Waals surface area contributed by atoms with E-state index >= 15 is 0 Å². The van der Waals surface area contributed by atoms with E-state index < -0.39 is 5.91 Å². The van der Waals surface area contributed by atoms with Crippen LogP contribution in [0.2, 0.25) is 0 Å². The number of rotatable bonds is 3. The van der Waals surface area contributed by atoms with Gasteiger partial charge in [-0.15, -0.1) is 4.48 Å². The molecule has 0 heterocycles. The monoisotopic (exact) mass is 195 g/mol. The summed E-state index contributed by atoms with van der Waals surface area (Å²) in [6.07, 6.45) is 0.180. The first-order valence-corrected chi connectivity index (χ1v) is 4.59. The number of amides is 1. The first kappa shape index (κ1) is 10.7. The molecule has 2 nitrogen and oxygen atoms in total. The van der Waals surface area contributed by atoms with Crippen LogP contribution in [0.15, 0.2) is 24.3 Å². The maximum atomic E-state index is 11.7. The summed E-state index contributed by atoms with van der Waals surface area (Å²) in [6.45, 7) is 3.91. The third-order valence-electron chi connectivity index (χ3n) is 2.24. The molecule has 0 aliphatic carbocycles. The molecule has 1 unspecified atom stereocenters. The topological polar surface area (TPSA) is 29.1 Å². The third kappa shape index (κ3) is 2.83. The predicted molar refractivity (Wildman–Crippen MR) is 53.5 cm³/mol. The van der Waals surface area contributed by atoms with Crippen molar-refractivity contribution in [3.63, 3.8) is 0 Å². The van der Waals surface area contributed by atoms with Crippen LogP contribution in [-0.2, 0) is 4.79 Å². The van der Waals surface area contributed by atoms with Crippen LogP contribution in [0, 0.1) is 6.92 Å². The number of hydrogen-bond acceptors (Lipinski definition) is 1. The van der Waals surface area contributed by atoms with Crippen molar-refractivity contribution < 1.29 is 9.28 Å². The molecule has 0 fully saturated rings. The van der Waals surface area contributed by atoms with Crippen LogP contribution in [-0.4, -0.2) is 5.91 Å².